The van der Waals surface area contributed by atoms with Crippen LogP contribution >= 0.6 is 0 Å². The van der Waals surface area contributed by atoms with Crippen molar-refractivity contribution < 1.29 is 0 Å². The molecule has 1 aliphatic rings. The van der Waals surface area contributed by atoms with Gasteiger partial charge in [-0.25, -0.2) is 0 Å². The van der Waals surface area contributed by atoms with E-state index in [-0.39, 0.29) is 0 Å². The molecule has 0 unspecified atom stereocenters. The smallest absolute Gasteiger partial charge is 0.158 e. The summed E-state index contributed by atoms with van der Waals surface area (Å²) in [6, 6.07) is 8.43. The zero-order valence-corrected chi connectivity index (χ0v) is 13.6. The number of likely N-dealkylation sites (tertiary alicyclic amines) is 1. The van der Waals surface area contributed by atoms with E-state index in [1.54, 1.807) is 0 Å². The third-order valence-corrected chi connectivity index (χ3v) is 4.72. The van der Waals surface area contributed by atoms with E-state index in [1.807, 2.05) is 6.92 Å². The molecule has 0 amide bonds. The maximum Gasteiger partial charge on any atom is 0.158 e. The van der Waals surface area contributed by atoms with Gasteiger partial charge in [-0.05, 0) is 64.0 Å². The normalized spacial score (nSPS) is 15.7. The first-order chi connectivity index (χ1) is 11.3. The van der Waals surface area contributed by atoms with Crippen LogP contribution in [0.25, 0.3) is 16.4 Å². The van der Waals surface area contributed by atoms with Gasteiger partial charge in [0.15, 0.2) is 5.82 Å². The van der Waals surface area contributed by atoms with Gasteiger partial charge in [0.1, 0.15) is 0 Å². The molecule has 4 heterocycles. The summed E-state index contributed by atoms with van der Waals surface area (Å²) < 4.78 is 2.19. The van der Waals surface area contributed by atoms with Gasteiger partial charge in [-0.3, -0.25) is 0 Å². The lowest BCUT2D eigenvalue weighted by atomic mass is 10.2. The molecule has 1 N–H and O–H groups in total. The number of hydrogen-bond donors (Lipinski definition) is 1. The molecule has 0 atom stereocenters. The van der Waals surface area contributed by atoms with E-state index in [2.05, 4.69) is 55.3 Å². The summed E-state index contributed by atoms with van der Waals surface area (Å²) in [5, 5.41) is 13.4. The molecule has 0 radical (unpaired) electrons. The molecule has 5 nitrogen and oxygen atoms in total. The first-order valence-electron chi connectivity index (χ1n) is 8.52. The van der Waals surface area contributed by atoms with Crippen molar-refractivity contribution in [3.8, 4) is 0 Å². The van der Waals surface area contributed by atoms with E-state index < -0.39 is 0 Å². The van der Waals surface area contributed by atoms with Crippen molar-refractivity contribution in [3.05, 3.63) is 36.2 Å². The van der Waals surface area contributed by atoms with Gasteiger partial charge >= 0.3 is 0 Å². The SMILES string of the molecule is Cc1nnc(NCCCN2CCCC2)c2cc3ccccn3c12. The second-order valence-corrected chi connectivity index (χ2v) is 6.37. The van der Waals surface area contributed by atoms with Crippen molar-refractivity contribution in [1.29, 1.82) is 0 Å². The van der Waals surface area contributed by atoms with Crippen molar-refractivity contribution in [2.24, 2.45) is 0 Å². The molecule has 0 aromatic carbocycles. The Morgan fingerprint density at radius 1 is 1.17 bits per heavy atom. The molecule has 1 aliphatic heterocycles. The van der Waals surface area contributed by atoms with E-state index in [9.17, 15) is 0 Å². The highest BCUT2D eigenvalue weighted by atomic mass is 15.2. The average molecular weight is 309 g/mol. The Hall–Kier alpha value is -2.14. The number of aryl methyl sites for hydroxylation is 1. The van der Waals surface area contributed by atoms with Crippen LogP contribution in [0.15, 0.2) is 30.5 Å². The highest BCUT2D eigenvalue weighted by molar-refractivity contribution is 5.96. The molecular weight excluding hydrogens is 286 g/mol. The predicted octanol–water partition coefficient (Wildman–Crippen LogP) is 3.09. The fourth-order valence-electron chi connectivity index (χ4n) is 3.55. The maximum atomic E-state index is 4.38. The fourth-order valence-corrected chi connectivity index (χ4v) is 3.55. The van der Waals surface area contributed by atoms with Crippen molar-refractivity contribution in [2.45, 2.75) is 26.2 Å². The van der Waals surface area contributed by atoms with E-state index in [0.717, 1.165) is 35.4 Å². The molecule has 120 valence electrons. The number of aromatic nitrogens is 3. The lowest BCUT2D eigenvalue weighted by Gasteiger charge is -2.14. The zero-order valence-electron chi connectivity index (χ0n) is 13.6. The molecule has 0 aliphatic carbocycles. The number of hydrogen-bond acceptors (Lipinski definition) is 4. The third kappa shape index (κ3) is 2.77. The predicted molar refractivity (Wildman–Crippen MR) is 94.0 cm³/mol. The van der Waals surface area contributed by atoms with E-state index in [0.29, 0.717) is 0 Å². The molecule has 5 heteroatoms. The molecule has 1 saturated heterocycles. The summed E-state index contributed by atoms with van der Waals surface area (Å²) in [4.78, 5) is 2.55. The Balaban J connectivity index is 1.54. The monoisotopic (exact) mass is 309 g/mol. The van der Waals surface area contributed by atoms with Gasteiger partial charge in [-0.15, -0.1) is 5.10 Å². The van der Waals surface area contributed by atoms with E-state index in [1.165, 1.54) is 38.0 Å². The topological polar surface area (TPSA) is 45.5 Å². The standard InChI is InChI=1S/C18H23N5/c1-14-17-16(13-15-7-2-3-12-23(15)17)18(21-20-14)19-8-6-11-22-9-4-5-10-22/h2-3,7,12-13H,4-6,8-11H2,1H3,(H,19,21). The van der Waals surface area contributed by atoms with Gasteiger partial charge in [0.25, 0.3) is 0 Å². The summed E-state index contributed by atoms with van der Waals surface area (Å²) in [6.45, 7) is 6.66. The molecule has 4 rings (SSSR count). The third-order valence-electron chi connectivity index (χ3n) is 4.72. The molecule has 3 aromatic rings. The fraction of sp³-hybridized carbons (Fsp3) is 0.444. The first kappa shape index (κ1) is 14.5. The number of pyridine rings is 1. The maximum absolute atomic E-state index is 4.38. The minimum absolute atomic E-state index is 0.899. The van der Waals surface area contributed by atoms with Crippen LogP contribution in [0.1, 0.15) is 25.0 Å². The quantitative estimate of drug-likeness (QED) is 0.736. The van der Waals surface area contributed by atoms with Crippen molar-refractivity contribution in [2.75, 3.05) is 31.5 Å². The molecular formula is C18H23N5. The van der Waals surface area contributed by atoms with Gasteiger partial charge in [-0.2, -0.15) is 5.10 Å². The van der Waals surface area contributed by atoms with Gasteiger partial charge in [0, 0.05) is 23.6 Å². The Labute approximate surface area is 136 Å². The van der Waals surface area contributed by atoms with Crippen LogP contribution in [0.4, 0.5) is 5.82 Å². The highest BCUT2D eigenvalue weighted by Crippen LogP contribution is 2.26. The Morgan fingerprint density at radius 2 is 2.04 bits per heavy atom. The molecule has 3 aromatic heterocycles. The van der Waals surface area contributed by atoms with Crippen LogP contribution in [-0.2, 0) is 0 Å². The minimum atomic E-state index is 0.899. The van der Waals surface area contributed by atoms with E-state index in [4.69, 9.17) is 0 Å². The van der Waals surface area contributed by atoms with Crippen molar-refractivity contribution in [3.63, 3.8) is 0 Å². The van der Waals surface area contributed by atoms with E-state index >= 15 is 0 Å². The van der Waals surface area contributed by atoms with Gasteiger partial charge in [0.2, 0.25) is 0 Å². The van der Waals surface area contributed by atoms with Crippen LogP contribution in [0.3, 0.4) is 0 Å². The summed E-state index contributed by atoms with van der Waals surface area (Å²) >= 11 is 0. The lowest BCUT2D eigenvalue weighted by Crippen LogP contribution is -2.22. The number of nitrogens with one attached hydrogen (secondary N) is 1. The summed E-state index contributed by atoms with van der Waals surface area (Å²) in [5.74, 6) is 0.899. The Morgan fingerprint density at radius 3 is 2.91 bits per heavy atom. The van der Waals surface area contributed by atoms with Crippen LogP contribution in [-0.4, -0.2) is 45.7 Å². The van der Waals surface area contributed by atoms with Crippen LogP contribution in [0, 0.1) is 6.92 Å². The van der Waals surface area contributed by atoms with Gasteiger partial charge in [-0.1, -0.05) is 6.07 Å². The number of rotatable bonds is 5. The minimum Gasteiger partial charge on any atom is -0.368 e. The van der Waals surface area contributed by atoms with Crippen molar-refractivity contribution >= 4 is 22.2 Å². The zero-order chi connectivity index (χ0) is 15.6. The Kier molecular flexibility index (Phi) is 3.87. The highest BCUT2D eigenvalue weighted by Gasteiger charge is 2.13. The number of nitrogens with zero attached hydrogens (tertiary/aromatic N) is 4. The van der Waals surface area contributed by atoms with Crippen LogP contribution in [0.5, 0.6) is 0 Å². The van der Waals surface area contributed by atoms with Gasteiger partial charge < -0.3 is 14.6 Å². The Bertz CT molecular complexity index is 817. The summed E-state index contributed by atoms with van der Waals surface area (Å²) in [5.41, 5.74) is 3.30. The second-order valence-electron chi connectivity index (χ2n) is 6.37. The molecule has 1 fully saturated rings. The van der Waals surface area contributed by atoms with Gasteiger partial charge in [0.05, 0.1) is 11.2 Å². The number of anilines is 1. The number of fused-ring (bicyclic) bond motifs is 3. The van der Waals surface area contributed by atoms with Crippen molar-refractivity contribution in [1.82, 2.24) is 19.5 Å². The molecule has 23 heavy (non-hydrogen) atoms. The first-order valence-corrected chi connectivity index (χ1v) is 8.52. The van der Waals surface area contributed by atoms with Crippen LogP contribution in [0.2, 0.25) is 0 Å². The largest absolute Gasteiger partial charge is 0.368 e. The molecule has 0 saturated carbocycles. The summed E-state index contributed by atoms with van der Waals surface area (Å²) in [7, 11) is 0. The van der Waals surface area contributed by atoms with Crippen LogP contribution < -0.4 is 5.32 Å². The average Bonchev–Trinajstić information content (AvgIpc) is 3.21. The molecule has 0 spiro atoms. The summed E-state index contributed by atoms with van der Waals surface area (Å²) in [6.07, 6.45) is 5.94. The lowest BCUT2D eigenvalue weighted by molar-refractivity contribution is 0.337. The molecule has 0 bridgehead atoms. The second kappa shape index (κ2) is 6.16.